The van der Waals surface area contributed by atoms with Crippen LogP contribution in [0.5, 0.6) is 0 Å². The van der Waals surface area contributed by atoms with Crippen LogP contribution in [0.15, 0.2) is 71.7 Å². The molecule has 0 bridgehead atoms. The van der Waals surface area contributed by atoms with Crippen molar-refractivity contribution in [3.8, 4) is 11.1 Å². The van der Waals surface area contributed by atoms with E-state index in [9.17, 15) is 0 Å². The van der Waals surface area contributed by atoms with Crippen molar-refractivity contribution in [1.29, 1.82) is 0 Å². The van der Waals surface area contributed by atoms with Gasteiger partial charge in [-0.2, -0.15) is 0 Å². The summed E-state index contributed by atoms with van der Waals surface area (Å²) in [4.78, 5) is 5.06. The lowest BCUT2D eigenvalue weighted by Gasteiger charge is -2.12. The fourth-order valence-corrected chi connectivity index (χ4v) is 4.33. The molecule has 0 spiro atoms. The van der Waals surface area contributed by atoms with E-state index in [0.717, 1.165) is 17.5 Å². The molecule has 0 saturated carbocycles. The molecular weight excluding hydrogens is 302 g/mol. The molecule has 1 aliphatic carbocycles. The van der Waals surface area contributed by atoms with E-state index in [1.54, 1.807) is 0 Å². The van der Waals surface area contributed by atoms with Crippen molar-refractivity contribution in [2.75, 3.05) is 0 Å². The van der Waals surface area contributed by atoms with Crippen LogP contribution in [0.4, 0.5) is 5.69 Å². The third-order valence-corrected chi connectivity index (χ3v) is 5.40. The van der Waals surface area contributed by atoms with Crippen molar-refractivity contribution in [3.05, 3.63) is 82.9 Å². The topological polar surface area (TPSA) is 12.4 Å². The Hall–Kier alpha value is -3.19. The Kier molecular flexibility index (Phi) is 2.46. The Bertz CT molecular complexity index is 1360. The molecule has 1 heteroatoms. The minimum Gasteiger partial charge on any atom is -0.247 e. The zero-order chi connectivity index (χ0) is 16.4. The van der Waals surface area contributed by atoms with E-state index in [4.69, 9.17) is 4.99 Å². The molecular formula is C24H15N. The molecule has 0 aromatic heterocycles. The van der Waals surface area contributed by atoms with E-state index in [1.807, 2.05) is 0 Å². The quantitative estimate of drug-likeness (QED) is 0.376. The molecule has 0 amide bonds. The third kappa shape index (κ3) is 1.65. The first-order chi connectivity index (χ1) is 12.4. The zero-order valence-electron chi connectivity index (χ0n) is 13.7. The molecule has 4 aromatic rings. The Balaban J connectivity index is 1.92. The molecule has 0 unspecified atom stereocenters. The molecule has 0 radical (unpaired) electrons. The lowest BCUT2D eigenvalue weighted by molar-refractivity contribution is 1.33. The summed E-state index contributed by atoms with van der Waals surface area (Å²) in [6.07, 6.45) is 7.79. The van der Waals surface area contributed by atoms with Crippen molar-refractivity contribution in [2.24, 2.45) is 4.99 Å². The highest BCUT2D eigenvalue weighted by Crippen LogP contribution is 2.41. The van der Waals surface area contributed by atoms with Crippen LogP contribution in [0.1, 0.15) is 12.0 Å². The molecule has 2 aliphatic rings. The van der Waals surface area contributed by atoms with Crippen LogP contribution in [0.2, 0.25) is 0 Å². The predicted molar refractivity (Wildman–Crippen MR) is 105 cm³/mol. The maximum atomic E-state index is 5.06. The number of nitrogens with zero attached hydrogens (tertiary/aromatic N) is 1. The minimum absolute atomic E-state index is 0.977. The third-order valence-electron chi connectivity index (χ3n) is 5.40. The fourth-order valence-electron chi connectivity index (χ4n) is 4.33. The highest BCUT2D eigenvalue weighted by Gasteiger charge is 2.22. The maximum absolute atomic E-state index is 5.06. The Morgan fingerprint density at radius 3 is 2.44 bits per heavy atom. The largest absolute Gasteiger partial charge is 0.247 e. The predicted octanol–water partition coefficient (Wildman–Crippen LogP) is 5.12. The van der Waals surface area contributed by atoms with Crippen molar-refractivity contribution in [1.82, 2.24) is 0 Å². The van der Waals surface area contributed by atoms with E-state index in [1.165, 1.54) is 43.5 Å². The van der Waals surface area contributed by atoms with E-state index >= 15 is 0 Å². The highest BCUT2D eigenvalue weighted by atomic mass is 14.8. The molecule has 0 saturated heterocycles. The number of allylic oxidation sites excluding steroid dienone is 1. The van der Waals surface area contributed by atoms with Gasteiger partial charge in [0.1, 0.15) is 0 Å². The Labute approximate surface area is 145 Å². The maximum Gasteiger partial charge on any atom is 0.0798 e. The lowest BCUT2D eigenvalue weighted by atomic mass is 9.89. The number of rotatable bonds is 0. The van der Waals surface area contributed by atoms with Gasteiger partial charge in [0, 0.05) is 16.3 Å². The summed E-state index contributed by atoms with van der Waals surface area (Å²) in [6, 6.07) is 21.7. The lowest BCUT2D eigenvalue weighted by Crippen LogP contribution is -2.29. The molecule has 0 fully saturated rings. The molecule has 4 aromatic carbocycles. The van der Waals surface area contributed by atoms with Gasteiger partial charge in [-0.25, -0.2) is 4.99 Å². The Morgan fingerprint density at radius 1 is 0.720 bits per heavy atom. The van der Waals surface area contributed by atoms with E-state index in [0.29, 0.717) is 0 Å². The van der Waals surface area contributed by atoms with E-state index < -0.39 is 0 Å². The molecule has 1 heterocycles. The molecule has 1 nitrogen and oxygen atoms in total. The van der Waals surface area contributed by atoms with Gasteiger partial charge in [-0.15, -0.1) is 0 Å². The van der Waals surface area contributed by atoms with Gasteiger partial charge < -0.3 is 0 Å². The summed E-state index contributed by atoms with van der Waals surface area (Å²) < 4.78 is 0. The summed E-state index contributed by atoms with van der Waals surface area (Å²) >= 11 is 0. The first kappa shape index (κ1) is 13.1. The summed E-state index contributed by atoms with van der Waals surface area (Å²) in [5.74, 6) is 0. The fraction of sp³-hybridized carbons (Fsp3) is 0.0417. The van der Waals surface area contributed by atoms with Crippen LogP contribution >= 0.6 is 0 Å². The van der Waals surface area contributed by atoms with Gasteiger partial charge in [-0.05, 0) is 39.6 Å². The summed E-state index contributed by atoms with van der Waals surface area (Å²) in [7, 11) is 0. The second-order valence-corrected chi connectivity index (χ2v) is 6.73. The number of benzene rings is 4. The first-order valence-electron chi connectivity index (χ1n) is 8.74. The second-order valence-electron chi connectivity index (χ2n) is 6.73. The van der Waals surface area contributed by atoms with Crippen molar-refractivity contribution >= 4 is 39.4 Å². The van der Waals surface area contributed by atoms with Gasteiger partial charge in [0.2, 0.25) is 0 Å². The zero-order valence-corrected chi connectivity index (χ0v) is 13.7. The van der Waals surface area contributed by atoms with Crippen LogP contribution in [0.3, 0.4) is 0 Å². The smallest absolute Gasteiger partial charge is 0.0798 e. The standard InChI is InChI=1S/C24H15N/c1-2-8-16-15(7-1)13-14-21-22(16)23-19-11-5-3-9-17(19)18-10-4-6-12-20(18)24(23)25-21/h1-5,7-14H,6H2. The summed E-state index contributed by atoms with van der Waals surface area (Å²) in [5.41, 5.74) is 4.99. The summed E-state index contributed by atoms with van der Waals surface area (Å²) in [6.45, 7) is 0. The average molecular weight is 317 g/mol. The van der Waals surface area contributed by atoms with Gasteiger partial charge in [-0.1, -0.05) is 72.8 Å². The van der Waals surface area contributed by atoms with Crippen LogP contribution in [-0.2, 0) is 0 Å². The monoisotopic (exact) mass is 317 g/mol. The molecule has 1 aliphatic heterocycles. The van der Waals surface area contributed by atoms with Gasteiger partial charge in [-0.3, -0.25) is 0 Å². The number of fused-ring (bicyclic) bond motifs is 10. The van der Waals surface area contributed by atoms with Crippen molar-refractivity contribution in [2.45, 2.75) is 6.42 Å². The Morgan fingerprint density at radius 2 is 1.52 bits per heavy atom. The normalized spacial score (nSPS) is 13.9. The van der Waals surface area contributed by atoms with Crippen LogP contribution < -0.4 is 10.6 Å². The molecule has 116 valence electrons. The molecule has 0 N–H and O–H groups in total. The first-order valence-corrected chi connectivity index (χ1v) is 8.74. The van der Waals surface area contributed by atoms with E-state index in [-0.39, 0.29) is 0 Å². The average Bonchev–Trinajstić information content (AvgIpc) is 3.09. The molecule has 25 heavy (non-hydrogen) atoms. The van der Waals surface area contributed by atoms with Crippen molar-refractivity contribution < 1.29 is 0 Å². The van der Waals surface area contributed by atoms with Crippen LogP contribution in [0, 0.1) is 0 Å². The minimum atomic E-state index is 0.977. The van der Waals surface area contributed by atoms with Crippen LogP contribution in [-0.4, -0.2) is 0 Å². The van der Waals surface area contributed by atoms with Crippen LogP contribution in [0.25, 0.3) is 44.8 Å². The van der Waals surface area contributed by atoms with Gasteiger partial charge in [0.25, 0.3) is 0 Å². The number of hydrogen-bond acceptors (Lipinski definition) is 1. The highest BCUT2D eigenvalue weighted by molar-refractivity contribution is 6.12. The van der Waals surface area contributed by atoms with Gasteiger partial charge >= 0.3 is 0 Å². The summed E-state index contributed by atoms with van der Waals surface area (Å²) in [5, 5.41) is 7.62. The van der Waals surface area contributed by atoms with Crippen molar-refractivity contribution in [3.63, 3.8) is 0 Å². The second kappa shape index (κ2) is 4.67. The van der Waals surface area contributed by atoms with Gasteiger partial charge in [0.15, 0.2) is 0 Å². The SMILES string of the molecule is C1=Cc2c(c3c(c4ccccc24)-c2c(ccc4ccccc24)N=3)=CC1. The van der Waals surface area contributed by atoms with E-state index in [2.05, 4.69) is 78.9 Å². The molecule has 0 atom stereocenters. The van der Waals surface area contributed by atoms with Gasteiger partial charge in [0.05, 0.1) is 11.0 Å². The number of hydrogen-bond donors (Lipinski definition) is 0. The molecule has 6 rings (SSSR count).